The number of rotatable bonds is 7. The SMILES string of the molecule is COc1ccc(OC)c([C@H](C)NC(=O)CSc2ccc3c(c2)CCC3)c1. The van der Waals surface area contributed by atoms with E-state index in [1.54, 1.807) is 26.0 Å². The summed E-state index contributed by atoms with van der Waals surface area (Å²) >= 11 is 1.58. The Labute approximate surface area is 159 Å². The van der Waals surface area contributed by atoms with Crippen molar-refractivity contribution in [2.45, 2.75) is 37.1 Å². The van der Waals surface area contributed by atoms with Gasteiger partial charge in [-0.05, 0) is 67.6 Å². The van der Waals surface area contributed by atoms with Crippen LogP contribution in [0.2, 0.25) is 0 Å². The van der Waals surface area contributed by atoms with Gasteiger partial charge in [-0.15, -0.1) is 11.8 Å². The van der Waals surface area contributed by atoms with Crippen molar-refractivity contribution < 1.29 is 14.3 Å². The van der Waals surface area contributed by atoms with E-state index in [2.05, 4.69) is 23.5 Å². The standard InChI is InChI=1S/C21H25NO3S/c1-14(19-12-17(24-2)8-10-20(19)25-3)22-21(23)13-26-18-9-7-15-5-4-6-16(15)11-18/h7-12,14H,4-6,13H2,1-3H3,(H,22,23)/t14-/m0/s1. The maximum atomic E-state index is 12.4. The van der Waals surface area contributed by atoms with Gasteiger partial charge in [0.05, 0.1) is 26.0 Å². The Morgan fingerprint density at radius 3 is 2.69 bits per heavy atom. The summed E-state index contributed by atoms with van der Waals surface area (Å²) in [4.78, 5) is 13.5. The van der Waals surface area contributed by atoms with Crippen LogP contribution in [0.3, 0.4) is 0 Å². The van der Waals surface area contributed by atoms with Crippen molar-refractivity contribution in [3.63, 3.8) is 0 Å². The molecule has 0 bridgehead atoms. The van der Waals surface area contributed by atoms with E-state index in [-0.39, 0.29) is 11.9 Å². The smallest absolute Gasteiger partial charge is 0.230 e. The van der Waals surface area contributed by atoms with Crippen LogP contribution < -0.4 is 14.8 Å². The van der Waals surface area contributed by atoms with E-state index in [0.717, 1.165) is 28.4 Å². The lowest BCUT2D eigenvalue weighted by atomic mass is 10.1. The predicted octanol–water partition coefficient (Wildman–Crippen LogP) is 4.16. The Morgan fingerprint density at radius 1 is 1.12 bits per heavy atom. The van der Waals surface area contributed by atoms with Crippen LogP contribution in [0.4, 0.5) is 0 Å². The molecule has 0 spiro atoms. The fourth-order valence-corrected chi connectivity index (χ4v) is 4.10. The fraction of sp³-hybridized carbons (Fsp3) is 0.381. The van der Waals surface area contributed by atoms with Crippen molar-refractivity contribution in [1.82, 2.24) is 5.32 Å². The van der Waals surface area contributed by atoms with E-state index in [1.165, 1.54) is 24.0 Å². The second kappa shape index (κ2) is 8.49. The number of hydrogen-bond donors (Lipinski definition) is 1. The number of amides is 1. The molecular weight excluding hydrogens is 346 g/mol. The highest BCUT2D eigenvalue weighted by Gasteiger charge is 2.16. The number of methoxy groups -OCH3 is 2. The van der Waals surface area contributed by atoms with Gasteiger partial charge >= 0.3 is 0 Å². The third-order valence-corrected chi connectivity index (χ3v) is 5.71. The third kappa shape index (κ3) is 4.33. The Balaban J connectivity index is 1.59. The average molecular weight is 372 g/mol. The minimum absolute atomic E-state index is 0.00729. The number of carbonyl (C=O) groups excluding carboxylic acids is 1. The van der Waals surface area contributed by atoms with Gasteiger partial charge < -0.3 is 14.8 Å². The highest BCUT2D eigenvalue weighted by atomic mass is 32.2. The number of thioether (sulfide) groups is 1. The minimum atomic E-state index is -0.159. The number of fused-ring (bicyclic) bond motifs is 1. The van der Waals surface area contributed by atoms with Crippen molar-refractivity contribution in [2.75, 3.05) is 20.0 Å². The quantitative estimate of drug-likeness (QED) is 0.743. The Kier molecular flexibility index (Phi) is 6.09. The Hall–Kier alpha value is -2.14. The van der Waals surface area contributed by atoms with Crippen LogP contribution in [-0.4, -0.2) is 25.9 Å². The lowest BCUT2D eigenvalue weighted by Crippen LogP contribution is -2.28. The summed E-state index contributed by atoms with van der Waals surface area (Å²) in [5, 5.41) is 3.05. The molecule has 1 aliphatic carbocycles. The van der Waals surface area contributed by atoms with Gasteiger partial charge in [0.1, 0.15) is 11.5 Å². The van der Waals surface area contributed by atoms with Crippen molar-refractivity contribution >= 4 is 17.7 Å². The van der Waals surface area contributed by atoms with Gasteiger partial charge in [-0.2, -0.15) is 0 Å². The van der Waals surface area contributed by atoms with Gasteiger partial charge in [0.2, 0.25) is 5.91 Å². The van der Waals surface area contributed by atoms with E-state index in [0.29, 0.717) is 5.75 Å². The predicted molar refractivity (Wildman–Crippen MR) is 105 cm³/mol. The maximum Gasteiger partial charge on any atom is 0.230 e. The Morgan fingerprint density at radius 2 is 1.92 bits per heavy atom. The van der Waals surface area contributed by atoms with Crippen LogP contribution in [0.1, 0.15) is 36.1 Å². The molecule has 2 aromatic rings. The molecule has 0 fully saturated rings. The number of hydrogen-bond acceptors (Lipinski definition) is 4. The molecule has 0 unspecified atom stereocenters. The second-order valence-electron chi connectivity index (χ2n) is 6.47. The molecular formula is C21H25NO3S. The van der Waals surface area contributed by atoms with Crippen molar-refractivity contribution in [3.8, 4) is 11.5 Å². The zero-order valence-corrected chi connectivity index (χ0v) is 16.3. The zero-order chi connectivity index (χ0) is 18.5. The minimum Gasteiger partial charge on any atom is -0.497 e. The molecule has 138 valence electrons. The first-order valence-corrected chi connectivity index (χ1v) is 9.85. The second-order valence-corrected chi connectivity index (χ2v) is 7.52. The maximum absolute atomic E-state index is 12.4. The summed E-state index contributed by atoms with van der Waals surface area (Å²) in [5.74, 6) is 1.89. The highest BCUT2D eigenvalue weighted by Crippen LogP contribution is 2.30. The monoisotopic (exact) mass is 371 g/mol. The van der Waals surface area contributed by atoms with Gasteiger partial charge in [0.15, 0.2) is 0 Å². The first-order chi connectivity index (χ1) is 12.6. The van der Waals surface area contributed by atoms with E-state index in [1.807, 2.05) is 25.1 Å². The molecule has 0 aromatic heterocycles. The molecule has 1 N–H and O–H groups in total. The summed E-state index contributed by atoms with van der Waals surface area (Å²) < 4.78 is 10.7. The van der Waals surface area contributed by atoms with Crippen molar-refractivity contribution in [1.29, 1.82) is 0 Å². The summed E-state index contributed by atoms with van der Waals surface area (Å²) in [5.41, 5.74) is 3.80. The summed E-state index contributed by atoms with van der Waals surface area (Å²) in [7, 11) is 3.26. The normalized spacial score (nSPS) is 13.8. The van der Waals surface area contributed by atoms with E-state index in [9.17, 15) is 4.79 Å². The first-order valence-electron chi connectivity index (χ1n) is 8.86. The molecule has 4 nitrogen and oxygen atoms in total. The summed E-state index contributed by atoms with van der Waals surface area (Å²) in [6, 6.07) is 12.0. The fourth-order valence-electron chi connectivity index (χ4n) is 3.33. The van der Waals surface area contributed by atoms with Gasteiger partial charge in [-0.1, -0.05) is 6.07 Å². The van der Waals surface area contributed by atoms with E-state index >= 15 is 0 Å². The summed E-state index contributed by atoms with van der Waals surface area (Å²) in [6.45, 7) is 1.95. The van der Waals surface area contributed by atoms with Crippen LogP contribution in [-0.2, 0) is 17.6 Å². The average Bonchev–Trinajstić information content (AvgIpc) is 3.13. The lowest BCUT2D eigenvalue weighted by molar-refractivity contribution is -0.119. The molecule has 2 aromatic carbocycles. The molecule has 1 aliphatic rings. The zero-order valence-electron chi connectivity index (χ0n) is 15.5. The number of nitrogens with one attached hydrogen (secondary N) is 1. The molecule has 1 atom stereocenters. The Bertz CT molecular complexity index is 791. The highest BCUT2D eigenvalue weighted by molar-refractivity contribution is 8.00. The molecule has 1 amide bonds. The number of ether oxygens (including phenoxy) is 2. The molecule has 0 aliphatic heterocycles. The van der Waals surface area contributed by atoms with E-state index in [4.69, 9.17) is 9.47 Å². The van der Waals surface area contributed by atoms with Crippen molar-refractivity contribution in [3.05, 3.63) is 53.1 Å². The van der Waals surface area contributed by atoms with Crippen molar-refractivity contribution in [2.24, 2.45) is 0 Å². The molecule has 0 radical (unpaired) electrons. The molecule has 3 rings (SSSR count). The van der Waals surface area contributed by atoms with Crippen LogP contribution in [0.15, 0.2) is 41.3 Å². The summed E-state index contributed by atoms with van der Waals surface area (Å²) in [6.07, 6.45) is 3.58. The topological polar surface area (TPSA) is 47.6 Å². The van der Waals surface area contributed by atoms with Gasteiger partial charge in [-0.3, -0.25) is 4.79 Å². The van der Waals surface area contributed by atoms with Gasteiger partial charge in [0, 0.05) is 10.5 Å². The molecule has 0 heterocycles. The van der Waals surface area contributed by atoms with Crippen LogP contribution >= 0.6 is 11.8 Å². The third-order valence-electron chi connectivity index (χ3n) is 4.72. The number of aryl methyl sites for hydroxylation is 2. The van der Waals surface area contributed by atoms with Crippen LogP contribution in [0.25, 0.3) is 0 Å². The number of carbonyl (C=O) groups is 1. The molecule has 5 heteroatoms. The van der Waals surface area contributed by atoms with Crippen LogP contribution in [0.5, 0.6) is 11.5 Å². The molecule has 26 heavy (non-hydrogen) atoms. The molecule has 0 saturated carbocycles. The lowest BCUT2D eigenvalue weighted by Gasteiger charge is -2.18. The largest absolute Gasteiger partial charge is 0.497 e. The van der Waals surface area contributed by atoms with Gasteiger partial charge in [-0.25, -0.2) is 0 Å². The van der Waals surface area contributed by atoms with E-state index < -0.39 is 0 Å². The van der Waals surface area contributed by atoms with Gasteiger partial charge in [0.25, 0.3) is 0 Å². The molecule has 0 saturated heterocycles. The first kappa shape index (κ1) is 18.6. The van der Waals surface area contributed by atoms with Crippen LogP contribution in [0, 0.1) is 0 Å². The number of benzene rings is 2.